The van der Waals surface area contributed by atoms with Crippen LogP contribution in [0.15, 0.2) is 30.3 Å². The Labute approximate surface area is 176 Å². The van der Waals surface area contributed by atoms with Crippen LogP contribution in [0.3, 0.4) is 0 Å². The first-order chi connectivity index (χ1) is 13.6. The second kappa shape index (κ2) is 8.53. The third-order valence-electron chi connectivity index (χ3n) is 4.79. The van der Waals surface area contributed by atoms with E-state index < -0.39 is 23.5 Å². The summed E-state index contributed by atoms with van der Waals surface area (Å²) in [5, 5.41) is 9.10. The van der Waals surface area contributed by atoms with Crippen molar-refractivity contribution in [2.75, 3.05) is 12.3 Å². The number of alkyl carbamates (subject to hydrolysis) is 1. The van der Waals surface area contributed by atoms with Crippen molar-refractivity contribution in [1.82, 2.24) is 16.0 Å². The Kier molecular flexibility index (Phi) is 6.45. The number of hydrogen-bond donors (Lipinski definition) is 3. The van der Waals surface area contributed by atoms with Crippen LogP contribution in [0.5, 0.6) is 0 Å². The van der Waals surface area contributed by atoms with Gasteiger partial charge in [-0.15, -0.1) is 11.8 Å². The molecule has 0 bridgehead atoms. The molecule has 2 amide bonds. The van der Waals surface area contributed by atoms with Crippen LogP contribution in [0.1, 0.15) is 45.4 Å². The topological polar surface area (TPSA) is 92.0 Å². The van der Waals surface area contributed by atoms with E-state index in [4.69, 9.17) is 9.47 Å². The fraction of sp³-hybridized carbons (Fsp3) is 0.619. The highest BCUT2D eigenvalue weighted by Crippen LogP contribution is 2.51. The van der Waals surface area contributed by atoms with Crippen LogP contribution >= 0.6 is 11.8 Å². The van der Waals surface area contributed by atoms with Crippen molar-refractivity contribution in [1.29, 1.82) is 0 Å². The van der Waals surface area contributed by atoms with Gasteiger partial charge in [0.1, 0.15) is 11.6 Å². The van der Waals surface area contributed by atoms with Gasteiger partial charge in [-0.25, -0.2) is 4.79 Å². The molecule has 3 N–H and O–H groups in total. The molecule has 1 aromatic rings. The molecule has 0 aromatic heterocycles. The largest absolute Gasteiger partial charge is 0.444 e. The number of fused-ring (bicyclic) bond motifs is 1. The second-order valence-corrected chi connectivity index (χ2v) is 9.98. The Morgan fingerprint density at radius 2 is 1.97 bits per heavy atom. The highest BCUT2D eigenvalue weighted by molar-refractivity contribution is 7.99. The number of benzene rings is 1. The van der Waals surface area contributed by atoms with Crippen molar-refractivity contribution < 1.29 is 19.1 Å². The molecule has 0 spiro atoms. The Morgan fingerprint density at radius 3 is 2.59 bits per heavy atom. The number of nitrogens with one attached hydrogen (secondary N) is 3. The summed E-state index contributed by atoms with van der Waals surface area (Å²) in [6.07, 6.45) is -0.855. The average molecular weight is 422 g/mol. The van der Waals surface area contributed by atoms with Crippen molar-refractivity contribution >= 4 is 23.8 Å². The van der Waals surface area contributed by atoms with Gasteiger partial charge in [-0.3, -0.25) is 10.1 Å². The lowest BCUT2D eigenvalue weighted by Gasteiger charge is -2.29. The summed E-state index contributed by atoms with van der Waals surface area (Å²) >= 11 is 1.76. The molecule has 0 aliphatic carbocycles. The molecule has 29 heavy (non-hydrogen) atoms. The zero-order valence-electron chi connectivity index (χ0n) is 17.7. The highest BCUT2D eigenvalue weighted by atomic mass is 32.2. The Bertz CT molecular complexity index is 737. The third kappa shape index (κ3) is 5.24. The van der Waals surface area contributed by atoms with Crippen molar-refractivity contribution in [2.45, 2.75) is 63.5 Å². The molecule has 160 valence electrons. The smallest absolute Gasteiger partial charge is 0.408 e. The summed E-state index contributed by atoms with van der Waals surface area (Å²) in [5.41, 5.74) is -0.362. The van der Waals surface area contributed by atoms with E-state index in [1.54, 1.807) is 32.5 Å². The van der Waals surface area contributed by atoms with Crippen molar-refractivity contribution in [2.24, 2.45) is 5.92 Å². The Hall–Kier alpha value is -1.77. The molecule has 2 heterocycles. The van der Waals surface area contributed by atoms with E-state index in [0.29, 0.717) is 0 Å². The summed E-state index contributed by atoms with van der Waals surface area (Å²) < 4.78 is 11.3. The Morgan fingerprint density at radius 1 is 1.28 bits per heavy atom. The summed E-state index contributed by atoms with van der Waals surface area (Å²) in [7, 11) is 0. The van der Waals surface area contributed by atoms with E-state index in [-0.39, 0.29) is 23.3 Å². The number of carbonyl (C=O) groups is 2. The minimum absolute atomic E-state index is 0.0398. The van der Waals surface area contributed by atoms with Gasteiger partial charge in [0.25, 0.3) is 0 Å². The SMILES string of the molecule is CC(C)[C@H](NC(=O)OC(C)(C)C)C(=O)NC12OC1NCCSC2c1ccccc1. The minimum atomic E-state index is -0.831. The van der Waals surface area contributed by atoms with E-state index in [1.807, 2.05) is 32.0 Å². The summed E-state index contributed by atoms with van der Waals surface area (Å²) in [4.78, 5) is 25.4. The summed E-state index contributed by atoms with van der Waals surface area (Å²) in [6, 6.07) is 9.32. The lowest BCUT2D eigenvalue weighted by atomic mass is 10.0. The number of thioether (sulfide) groups is 1. The molecule has 0 radical (unpaired) electrons. The van der Waals surface area contributed by atoms with E-state index in [0.717, 1.165) is 17.9 Å². The predicted molar refractivity (Wildman–Crippen MR) is 113 cm³/mol. The second-order valence-electron chi connectivity index (χ2n) is 8.76. The first-order valence-electron chi connectivity index (χ1n) is 10.0. The molecule has 3 unspecified atom stereocenters. The monoisotopic (exact) mass is 421 g/mol. The first-order valence-corrected chi connectivity index (χ1v) is 11.1. The molecule has 0 saturated carbocycles. The molecule has 2 fully saturated rings. The molecule has 8 heteroatoms. The summed E-state index contributed by atoms with van der Waals surface area (Å²) in [6.45, 7) is 9.95. The van der Waals surface area contributed by atoms with Crippen LogP contribution in [0.2, 0.25) is 0 Å². The lowest BCUT2D eigenvalue weighted by Crippen LogP contribution is -2.56. The minimum Gasteiger partial charge on any atom is -0.444 e. The molecule has 3 rings (SSSR count). The van der Waals surface area contributed by atoms with E-state index in [2.05, 4.69) is 28.1 Å². The van der Waals surface area contributed by atoms with Crippen LogP contribution in [0, 0.1) is 5.92 Å². The molecule has 7 nitrogen and oxygen atoms in total. The van der Waals surface area contributed by atoms with Gasteiger partial charge in [0.2, 0.25) is 5.91 Å². The zero-order chi connectivity index (χ0) is 21.2. The standard InChI is InChI=1S/C21H31N3O4S/c1-13(2)15(23-19(26)28-20(3,4)5)17(25)24-21-16(14-9-7-6-8-10-14)29-12-11-22-18(21)27-21/h6-10,13,15-16,18,22H,11-12H2,1-5H3,(H,23,26)(H,24,25)/t15-,16?,18?,21?/m0/s1. The van der Waals surface area contributed by atoms with Gasteiger partial charge < -0.3 is 20.1 Å². The quantitative estimate of drug-likeness (QED) is 0.633. The fourth-order valence-corrected chi connectivity index (χ4v) is 4.72. The van der Waals surface area contributed by atoms with Crippen molar-refractivity contribution in [3.05, 3.63) is 35.9 Å². The third-order valence-corrected chi connectivity index (χ3v) is 6.19. The maximum absolute atomic E-state index is 13.2. The van der Waals surface area contributed by atoms with Crippen molar-refractivity contribution in [3.63, 3.8) is 0 Å². The van der Waals surface area contributed by atoms with E-state index >= 15 is 0 Å². The predicted octanol–water partition coefficient (Wildman–Crippen LogP) is 2.78. The number of carbonyl (C=O) groups excluding carboxylic acids is 2. The molecular weight excluding hydrogens is 390 g/mol. The van der Waals surface area contributed by atoms with E-state index in [1.165, 1.54) is 0 Å². The van der Waals surface area contributed by atoms with Gasteiger partial charge >= 0.3 is 6.09 Å². The Balaban J connectivity index is 1.76. The van der Waals surface area contributed by atoms with Crippen LogP contribution in [0.25, 0.3) is 0 Å². The number of amides is 2. The molecule has 2 aliphatic heterocycles. The molecule has 2 saturated heterocycles. The number of epoxide rings is 1. The number of ether oxygens (including phenoxy) is 2. The van der Waals surface area contributed by atoms with Gasteiger partial charge in [-0.2, -0.15) is 0 Å². The lowest BCUT2D eigenvalue weighted by molar-refractivity contribution is -0.126. The van der Waals surface area contributed by atoms with Crippen LogP contribution in [-0.2, 0) is 14.3 Å². The van der Waals surface area contributed by atoms with Gasteiger partial charge in [0, 0.05) is 12.3 Å². The van der Waals surface area contributed by atoms with Gasteiger partial charge in [-0.1, -0.05) is 44.2 Å². The number of hydrogen-bond acceptors (Lipinski definition) is 6. The van der Waals surface area contributed by atoms with E-state index in [9.17, 15) is 9.59 Å². The van der Waals surface area contributed by atoms with Gasteiger partial charge in [-0.05, 0) is 32.3 Å². The summed E-state index contributed by atoms with van der Waals surface area (Å²) in [5.74, 6) is 0.525. The maximum atomic E-state index is 13.2. The van der Waals surface area contributed by atoms with Gasteiger partial charge in [0.15, 0.2) is 12.0 Å². The van der Waals surface area contributed by atoms with Crippen LogP contribution < -0.4 is 16.0 Å². The molecule has 4 atom stereocenters. The average Bonchev–Trinajstić information content (AvgIpc) is 3.33. The normalized spacial score (nSPS) is 27.4. The number of rotatable bonds is 5. The fourth-order valence-electron chi connectivity index (χ4n) is 3.42. The highest BCUT2D eigenvalue weighted by Gasteiger charge is 2.64. The first kappa shape index (κ1) is 21.9. The molecular formula is C21H31N3O4S. The molecule has 2 aliphatic rings. The van der Waals surface area contributed by atoms with Gasteiger partial charge in [0.05, 0.1) is 5.25 Å². The van der Waals surface area contributed by atoms with Crippen LogP contribution in [0.4, 0.5) is 4.79 Å². The zero-order valence-corrected chi connectivity index (χ0v) is 18.5. The maximum Gasteiger partial charge on any atom is 0.408 e. The van der Waals surface area contributed by atoms with Crippen molar-refractivity contribution in [3.8, 4) is 0 Å². The van der Waals surface area contributed by atoms with Crippen LogP contribution in [-0.4, -0.2) is 47.9 Å². The molecule has 1 aromatic carbocycles.